The zero-order chi connectivity index (χ0) is 23.3. The number of cyclic esters (lactones) is 2. The molecule has 12 nitrogen and oxygen atoms in total. The predicted octanol–water partition coefficient (Wildman–Crippen LogP) is 2.07. The molecule has 3 atom stereocenters. The molecule has 1 aromatic heterocycles. The molecule has 2 unspecified atom stereocenters. The van der Waals surface area contributed by atoms with Crippen LogP contribution in [-0.2, 0) is 18.6 Å². The van der Waals surface area contributed by atoms with E-state index in [0.717, 1.165) is 11.1 Å². The number of amides is 2. The summed E-state index contributed by atoms with van der Waals surface area (Å²) in [6, 6.07) is 8.38. The Bertz CT molecular complexity index is 1150. The van der Waals surface area contributed by atoms with Crippen LogP contribution in [0.2, 0.25) is 0 Å². The molecule has 0 spiro atoms. The van der Waals surface area contributed by atoms with Gasteiger partial charge in [-0.15, -0.1) is 0 Å². The van der Waals surface area contributed by atoms with E-state index in [1.54, 1.807) is 37.5 Å². The number of rotatable bonds is 5. The van der Waals surface area contributed by atoms with Crippen molar-refractivity contribution in [1.29, 1.82) is 0 Å². The molecule has 0 bridgehead atoms. The highest BCUT2D eigenvalue weighted by atomic mass is 31.2. The summed E-state index contributed by atoms with van der Waals surface area (Å²) < 4.78 is 31.8. The third kappa shape index (κ3) is 4.13. The van der Waals surface area contributed by atoms with Crippen molar-refractivity contribution in [1.82, 2.24) is 9.88 Å². The number of nitrogens with zero attached hydrogens (tertiary/aromatic N) is 3. The Morgan fingerprint density at radius 2 is 1.94 bits per heavy atom. The quantitative estimate of drug-likeness (QED) is 0.613. The lowest BCUT2D eigenvalue weighted by molar-refractivity contribution is 0.0676. The van der Waals surface area contributed by atoms with Crippen molar-refractivity contribution >= 4 is 25.7 Å². The van der Waals surface area contributed by atoms with E-state index < -0.39 is 38.8 Å². The fraction of sp³-hybridized carbons (Fsp3) is 0.350. The van der Waals surface area contributed by atoms with E-state index in [1.165, 1.54) is 9.80 Å². The Hall–Kier alpha value is -3.18. The molecular formula is C20H20N3O9P. The number of likely N-dealkylation sites (N-methyl/N-ethyl adjacent to an activating group) is 1. The highest BCUT2D eigenvalue weighted by Crippen LogP contribution is 2.42. The van der Waals surface area contributed by atoms with Crippen LogP contribution in [0.3, 0.4) is 0 Å². The molecule has 2 fully saturated rings. The zero-order valence-electron chi connectivity index (χ0n) is 17.4. The van der Waals surface area contributed by atoms with E-state index in [9.17, 15) is 14.2 Å². The molecule has 0 aliphatic carbocycles. The standard InChI is InChI=1S/C20H20N3O9P/c1-22-8-17(31-19(22)24)13-4-2-12(7-21-13)11-3-5-14-16(6-11)29-9-15-18(10-30-33(26,27)28)32-20(25)23(14)15/h2-7,15,17-18H,8-10H2,1H3,(H2,26,27,28)/t15-,17?,18?/m0/s1. The van der Waals surface area contributed by atoms with Gasteiger partial charge in [0.1, 0.15) is 18.4 Å². The summed E-state index contributed by atoms with van der Waals surface area (Å²) in [4.78, 5) is 49.1. The van der Waals surface area contributed by atoms with E-state index in [4.69, 9.17) is 24.0 Å². The van der Waals surface area contributed by atoms with Crippen LogP contribution in [0.15, 0.2) is 36.5 Å². The summed E-state index contributed by atoms with van der Waals surface area (Å²) in [7, 11) is -3.03. The molecule has 13 heteroatoms. The smallest absolute Gasteiger partial charge is 0.469 e. The van der Waals surface area contributed by atoms with Gasteiger partial charge in [0.15, 0.2) is 12.2 Å². The Balaban J connectivity index is 1.34. The zero-order valence-corrected chi connectivity index (χ0v) is 18.3. The van der Waals surface area contributed by atoms with Gasteiger partial charge in [-0.25, -0.2) is 14.2 Å². The molecule has 0 saturated carbocycles. The predicted molar refractivity (Wildman–Crippen MR) is 112 cm³/mol. The second-order valence-electron chi connectivity index (χ2n) is 7.86. The summed E-state index contributed by atoms with van der Waals surface area (Å²) in [6.07, 6.45) is -0.637. The minimum absolute atomic E-state index is 0.0785. The van der Waals surface area contributed by atoms with Crippen LogP contribution in [-0.4, -0.2) is 70.8 Å². The molecule has 2 amide bonds. The highest BCUT2D eigenvalue weighted by molar-refractivity contribution is 7.46. The largest absolute Gasteiger partial charge is 0.489 e. The van der Waals surface area contributed by atoms with E-state index in [0.29, 0.717) is 23.7 Å². The fourth-order valence-electron chi connectivity index (χ4n) is 4.02. The Morgan fingerprint density at radius 1 is 1.15 bits per heavy atom. The Kier molecular flexibility index (Phi) is 5.25. The van der Waals surface area contributed by atoms with Gasteiger partial charge in [0.05, 0.1) is 24.5 Å². The van der Waals surface area contributed by atoms with Crippen molar-refractivity contribution in [3.63, 3.8) is 0 Å². The van der Waals surface area contributed by atoms with Gasteiger partial charge in [-0.05, 0) is 23.8 Å². The lowest BCUT2D eigenvalue weighted by Crippen LogP contribution is -2.45. The average Bonchev–Trinajstić information content (AvgIpc) is 3.30. The average molecular weight is 477 g/mol. The lowest BCUT2D eigenvalue weighted by atomic mass is 10.0. The lowest BCUT2D eigenvalue weighted by Gasteiger charge is -2.31. The Morgan fingerprint density at radius 3 is 2.61 bits per heavy atom. The third-order valence-electron chi connectivity index (χ3n) is 5.69. The number of hydrogen-bond donors (Lipinski definition) is 2. The number of carbonyl (C=O) groups is 2. The normalized spacial score (nSPS) is 24.2. The van der Waals surface area contributed by atoms with Crippen LogP contribution in [0.4, 0.5) is 15.3 Å². The van der Waals surface area contributed by atoms with E-state index in [2.05, 4.69) is 9.51 Å². The van der Waals surface area contributed by atoms with E-state index in [-0.39, 0.29) is 12.7 Å². The molecule has 174 valence electrons. The fourth-order valence-corrected chi connectivity index (χ4v) is 4.36. The number of fused-ring (bicyclic) bond motifs is 3. The first-order chi connectivity index (χ1) is 15.7. The van der Waals surface area contributed by atoms with E-state index in [1.807, 2.05) is 6.07 Å². The summed E-state index contributed by atoms with van der Waals surface area (Å²) >= 11 is 0. The minimum Gasteiger partial charge on any atom is -0.489 e. The van der Waals surface area contributed by atoms with Gasteiger partial charge in [-0.1, -0.05) is 12.1 Å². The van der Waals surface area contributed by atoms with Crippen LogP contribution in [0, 0.1) is 0 Å². The minimum atomic E-state index is -4.69. The first kappa shape index (κ1) is 21.7. The Labute approximate surface area is 187 Å². The maximum atomic E-state index is 12.4. The molecule has 33 heavy (non-hydrogen) atoms. The molecule has 2 aromatic rings. The number of ether oxygens (including phenoxy) is 3. The maximum Gasteiger partial charge on any atom is 0.469 e. The van der Waals surface area contributed by atoms with Gasteiger partial charge in [0.25, 0.3) is 0 Å². The van der Waals surface area contributed by atoms with Crippen molar-refractivity contribution in [3.8, 4) is 16.9 Å². The van der Waals surface area contributed by atoms with Gasteiger partial charge < -0.3 is 28.9 Å². The van der Waals surface area contributed by atoms with Crippen LogP contribution < -0.4 is 9.64 Å². The van der Waals surface area contributed by atoms with Gasteiger partial charge in [-0.2, -0.15) is 0 Å². The number of aromatic nitrogens is 1. The second kappa shape index (κ2) is 7.99. The SMILES string of the molecule is CN1CC(c2ccc(-c3ccc4c(c3)OC[C@H]3C(COP(=O)(O)O)OC(=O)N43)cn2)OC1=O. The maximum absolute atomic E-state index is 12.4. The molecule has 1 aromatic carbocycles. The number of carbonyl (C=O) groups excluding carboxylic acids is 2. The molecule has 4 heterocycles. The van der Waals surface area contributed by atoms with E-state index >= 15 is 0 Å². The first-order valence-electron chi connectivity index (χ1n) is 10.0. The monoisotopic (exact) mass is 477 g/mol. The molecule has 0 radical (unpaired) electrons. The van der Waals surface area contributed by atoms with Gasteiger partial charge in [0.2, 0.25) is 0 Å². The number of benzene rings is 1. The van der Waals surface area contributed by atoms with Crippen molar-refractivity contribution in [3.05, 3.63) is 42.2 Å². The molecule has 3 aliphatic heterocycles. The van der Waals surface area contributed by atoms with Crippen molar-refractivity contribution < 1.29 is 42.7 Å². The van der Waals surface area contributed by atoms with Gasteiger partial charge in [0, 0.05) is 18.8 Å². The number of phosphoric ester groups is 1. The summed E-state index contributed by atoms with van der Waals surface area (Å²) in [6.45, 7) is 0.0678. The molecule has 5 rings (SSSR count). The van der Waals surface area contributed by atoms with Crippen LogP contribution in [0.25, 0.3) is 11.1 Å². The molecule has 3 aliphatic rings. The summed E-state index contributed by atoms with van der Waals surface area (Å²) in [5.41, 5.74) is 2.75. The van der Waals surface area contributed by atoms with Crippen LogP contribution in [0.1, 0.15) is 11.8 Å². The molecule has 2 saturated heterocycles. The second-order valence-corrected chi connectivity index (χ2v) is 9.10. The topological polar surface area (TPSA) is 148 Å². The van der Waals surface area contributed by atoms with Crippen molar-refractivity contribution in [2.45, 2.75) is 18.2 Å². The molecule has 2 N–H and O–H groups in total. The highest BCUT2D eigenvalue weighted by Gasteiger charge is 2.47. The number of phosphoric acid groups is 1. The summed E-state index contributed by atoms with van der Waals surface area (Å²) in [5.74, 6) is 0.465. The number of anilines is 1. The number of hydrogen-bond acceptors (Lipinski definition) is 8. The summed E-state index contributed by atoms with van der Waals surface area (Å²) in [5, 5.41) is 0. The first-order valence-corrected chi connectivity index (χ1v) is 11.6. The van der Waals surface area contributed by atoms with Crippen molar-refractivity contribution in [2.24, 2.45) is 0 Å². The number of pyridine rings is 1. The third-order valence-corrected chi connectivity index (χ3v) is 6.18. The van der Waals surface area contributed by atoms with Gasteiger partial charge in [-0.3, -0.25) is 14.4 Å². The van der Waals surface area contributed by atoms with Crippen LogP contribution in [0.5, 0.6) is 5.75 Å². The van der Waals surface area contributed by atoms with Crippen molar-refractivity contribution in [2.75, 3.05) is 31.7 Å². The van der Waals surface area contributed by atoms with Gasteiger partial charge >= 0.3 is 20.0 Å². The van der Waals surface area contributed by atoms with Crippen LogP contribution >= 0.6 is 7.82 Å². The molecular weight excluding hydrogens is 457 g/mol.